The van der Waals surface area contributed by atoms with Crippen molar-refractivity contribution in [2.45, 2.75) is 20.5 Å². The smallest absolute Gasteiger partial charge is 0.231 e. The topological polar surface area (TPSA) is 93.2 Å². The van der Waals surface area contributed by atoms with Gasteiger partial charge in [-0.05, 0) is 29.8 Å². The number of aromatic nitrogens is 2. The first-order chi connectivity index (χ1) is 12.9. The summed E-state index contributed by atoms with van der Waals surface area (Å²) in [6.45, 7) is 3.05. The molecule has 2 amide bonds. The lowest BCUT2D eigenvalue weighted by Crippen LogP contribution is -2.13. The number of amides is 2. The average molecular weight is 385 g/mol. The second-order valence-corrected chi connectivity index (χ2v) is 6.26. The number of hydrogen-bond acceptors (Lipinski definition) is 5. The van der Waals surface area contributed by atoms with E-state index in [1.807, 2.05) is 12.1 Å². The Morgan fingerprint density at radius 3 is 2.37 bits per heavy atom. The largest absolute Gasteiger partial charge is 0.488 e. The highest BCUT2D eigenvalue weighted by Gasteiger charge is 2.14. The Morgan fingerprint density at radius 1 is 1.00 bits per heavy atom. The Kier molecular flexibility index (Phi) is 5.52. The average Bonchev–Trinajstić information content (AvgIpc) is 2.60. The molecule has 0 saturated carbocycles. The lowest BCUT2D eigenvalue weighted by atomic mass is 10.2. The Morgan fingerprint density at radius 2 is 1.70 bits per heavy atom. The normalized spacial score (nSPS) is 10.5. The van der Waals surface area contributed by atoms with E-state index in [9.17, 15) is 9.59 Å². The summed E-state index contributed by atoms with van der Waals surface area (Å²) in [7, 11) is 0. The summed E-state index contributed by atoms with van der Waals surface area (Å²) < 4.78 is 5.93. The van der Waals surface area contributed by atoms with Crippen LogP contribution in [-0.4, -0.2) is 21.8 Å². The van der Waals surface area contributed by atoms with Crippen LogP contribution in [0.15, 0.2) is 42.5 Å². The summed E-state index contributed by atoms with van der Waals surface area (Å²) in [6, 6.07) is 12.6. The third-order valence-electron chi connectivity index (χ3n) is 3.57. The van der Waals surface area contributed by atoms with Crippen molar-refractivity contribution in [3.63, 3.8) is 0 Å². The number of carbonyl (C=O) groups is 2. The van der Waals surface area contributed by atoms with Crippen LogP contribution in [0.2, 0.25) is 5.02 Å². The maximum Gasteiger partial charge on any atom is 0.231 e. The van der Waals surface area contributed by atoms with Gasteiger partial charge in [0.2, 0.25) is 17.8 Å². The van der Waals surface area contributed by atoms with Gasteiger partial charge >= 0.3 is 0 Å². The van der Waals surface area contributed by atoms with Crippen LogP contribution in [0.3, 0.4) is 0 Å². The maximum atomic E-state index is 11.6. The zero-order valence-electron chi connectivity index (χ0n) is 14.7. The SMILES string of the molecule is CC(=O)Nc1nc(NC(C)=O)c2c(OCc3ccc(Cl)cc3)cccc2n1. The molecule has 3 aromatic rings. The number of anilines is 2. The van der Waals surface area contributed by atoms with Crippen LogP contribution in [0.25, 0.3) is 10.9 Å². The molecule has 1 heterocycles. The van der Waals surface area contributed by atoms with Gasteiger partial charge < -0.3 is 10.1 Å². The number of carbonyl (C=O) groups excluding carboxylic acids is 2. The number of nitrogens with zero attached hydrogens (tertiary/aromatic N) is 2. The number of ether oxygens (including phenoxy) is 1. The van der Waals surface area contributed by atoms with Crippen LogP contribution in [0.4, 0.5) is 11.8 Å². The molecule has 2 N–H and O–H groups in total. The zero-order chi connectivity index (χ0) is 19.4. The highest BCUT2D eigenvalue weighted by molar-refractivity contribution is 6.30. The van der Waals surface area contributed by atoms with Gasteiger partial charge in [0, 0.05) is 18.9 Å². The standard InChI is InChI=1S/C19H17ClN4O3/c1-11(25)21-18-17-15(23-19(24-18)22-12(2)26)4-3-5-16(17)27-10-13-6-8-14(20)9-7-13/h3-9H,10H2,1-2H3,(H2,21,22,23,24,25,26). The highest BCUT2D eigenvalue weighted by Crippen LogP contribution is 2.32. The summed E-state index contributed by atoms with van der Waals surface area (Å²) in [5.41, 5.74) is 1.47. The van der Waals surface area contributed by atoms with E-state index in [0.717, 1.165) is 5.56 Å². The van der Waals surface area contributed by atoms with Crippen LogP contribution in [0, 0.1) is 0 Å². The minimum Gasteiger partial charge on any atom is -0.488 e. The van der Waals surface area contributed by atoms with Crippen molar-refractivity contribution < 1.29 is 14.3 Å². The van der Waals surface area contributed by atoms with E-state index < -0.39 is 0 Å². The van der Waals surface area contributed by atoms with Gasteiger partial charge in [0.1, 0.15) is 18.2 Å². The van der Waals surface area contributed by atoms with Gasteiger partial charge in [0.05, 0.1) is 10.9 Å². The summed E-state index contributed by atoms with van der Waals surface area (Å²) in [6.07, 6.45) is 0. The molecule has 0 aliphatic carbocycles. The fraction of sp³-hybridized carbons (Fsp3) is 0.158. The second kappa shape index (κ2) is 8.01. The zero-order valence-corrected chi connectivity index (χ0v) is 15.5. The van der Waals surface area contributed by atoms with Gasteiger partial charge in [-0.2, -0.15) is 4.98 Å². The Bertz CT molecular complexity index is 1010. The summed E-state index contributed by atoms with van der Waals surface area (Å²) >= 11 is 5.90. The van der Waals surface area contributed by atoms with Gasteiger partial charge in [-0.25, -0.2) is 4.98 Å². The van der Waals surface area contributed by atoms with E-state index in [2.05, 4.69) is 20.6 Å². The number of hydrogen-bond donors (Lipinski definition) is 2. The molecule has 0 radical (unpaired) electrons. The molecule has 8 heteroatoms. The van der Waals surface area contributed by atoms with Crippen LogP contribution >= 0.6 is 11.6 Å². The summed E-state index contributed by atoms with van der Waals surface area (Å²) in [5, 5.41) is 6.40. The van der Waals surface area contributed by atoms with Crippen LogP contribution in [0.1, 0.15) is 19.4 Å². The van der Waals surface area contributed by atoms with Gasteiger partial charge in [-0.15, -0.1) is 0 Å². The molecule has 0 atom stereocenters. The molecule has 1 aromatic heterocycles. The highest BCUT2D eigenvalue weighted by atomic mass is 35.5. The molecule has 3 rings (SSSR count). The van der Waals surface area contributed by atoms with Crippen molar-refractivity contribution in [1.82, 2.24) is 9.97 Å². The Hall–Kier alpha value is -3.19. The first kappa shape index (κ1) is 18.6. The van der Waals surface area contributed by atoms with Crippen LogP contribution in [0.5, 0.6) is 5.75 Å². The van der Waals surface area contributed by atoms with Crippen molar-refractivity contribution in [3.05, 3.63) is 53.1 Å². The lowest BCUT2D eigenvalue weighted by Gasteiger charge is -2.13. The Labute approximate surface area is 160 Å². The molecule has 27 heavy (non-hydrogen) atoms. The number of fused-ring (bicyclic) bond motifs is 1. The van der Waals surface area contributed by atoms with Crippen molar-refractivity contribution in [2.75, 3.05) is 10.6 Å². The molecule has 0 aliphatic rings. The number of halogens is 1. The van der Waals surface area contributed by atoms with E-state index in [-0.39, 0.29) is 23.6 Å². The number of nitrogens with one attached hydrogen (secondary N) is 2. The monoisotopic (exact) mass is 384 g/mol. The molecule has 138 valence electrons. The minimum atomic E-state index is -0.307. The fourth-order valence-electron chi connectivity index (χ4n) is 2.48. The minimum absolute atomic E-state index is 0.105. The van der Waals surface area contributed by atoms with Crippen LogP contribution in [-0.2, 0) is 16.2 Å². The van der Waals surface area contributed by atoms with Crippen molar-refractivity contribution in [2.24, 2.45) is 0 Å². The molecule has 0 spiro atoms. The van der Waals surface area contributed by atoms with Crippen LogP contribution < -0.4 is 15.4 Å². The van der Waals surface area contributed by atoms with Gasteiger partial charge in [0.25, 0.3) is 0 Å². The van der Waals surface area contributed by atoms with Gasteiger partial charge in [0.15, 0.2) is 0 Å². The van der Waals surface area contributed by atoms with E-state index in [1.54, 1.807) is 30.3 Å². The predicted molar refractivity (Wildman–Crippen MR) is 104 cm³/mol. The molecular weight excluding hydrogens is 368 g/mol. The number of rotatable bonds is 5. The molecule has 0 fully saturated rings. The van der Waals surface area contributed by atoms with Crippen molar-refractivity contribution >= 4 is 46.1 Å². The molecule has 0 aliphatic heterocycles. The summed E-state index contributed by atoms with van der Waals surface area (Å²) in [5.74, 6) is 0.284. The molecule has 0 saturated heterocycles. The van der Waals surface area contributed by atoms with E-state index in [4.69, 9.17) is 16.3 Å². The molecular formula is C19H17ClN4O3. The quantitative estimate of drug-likeness (QED) is 0.698. The predicted octanol–water partition coefficient (Wildman–Crippen LogP) is 3.78. The second-order valence-electron chi connectivity index (χ2n) is 5.82. The molecule has 2 aromatic carbocycles. The van der Waals surface area contributed by atoms with Gasteiger partial charge in [-0.3, -0.25) is 14.9 Å². The molecule has 0 unspecified atom stereocenters. The first-order valence-corrected chi connectivity index (χ1v) is 8.53. The number of benzene rings is 2. The lowest BCUT2D eigenvalue weighted by molar-refractivity contribution is -0.115. The first-order valence-electron chi connectivity index (χ1n) is 8.15. The van der Waals surface area contributed by atoms with Crippen molar-refractivity contribution in [1.29, 1.82) is 0 Å². The maximum absolute atomic E-state index is 11.6. The third kappa shape index (κ3) is 4.71. The molecule has 7 nitrogen and oxygen atoms in total. The van der Waals surface area contributed by atoms with E-state index in [0.29, 0.717) is 28.3 Å². The molecule has 0 bridgehead atoms. The third-order valence-corrected chi connectivity index (χ3v) is 3.83. The van der Waals surface area contributed by atoms with E-state index in [1.165, 1.54) is 13.8 Å². The summed E-state index contributed by atoms with van der Waals surface area (Å²) in [4.78, 5) is 31.5. The fourth-order valence-corrected chi connectivity index (χ4v) is 2.61. The van der Waals surface area contributed by atoms with Gasteiger partial charge in [-0.1, -0.05) is 29.8 Å². The van der Waals surface area contributed by atoms with E-state index >= 15 is 0 Å². The Balaban J connectivity index is 2.00. The van der Waals surface area contributed by atoms with Crippen molar-refractivity contribution in [3.8, 4) is 5.75 Å².